The summed E-state index contributed by atoms with van der Waals surface area (Å²) in [5, 5.41) is 0. The van der Waals surface area contributed by atoms with Gasteiger partial charge in [0.2, 0.25) is 0 Å². The van der Waals surface area contributed by atoms with Gasteiger partial charge in [0.15, 0.2) is 11.2 Å². The second-order valence-corrected chi connectivity index (χ2v) is 7.65. The van der Waals surface area contributed by atoms with E-state index in [0.717, 1.165) is 38.5 Å². The Labute approximate surface area is 141 Å². The van der Waals surface area contributed by atoms with Crippen molar-refractivity contribution < 1.29 is 14.3 Å². The molecule has 132 valence electrons. The second kappa shape index (κ2) is 8.75. The number of carbonyl (C=O) groups excluding carboxylic acids is 1. The molecular formula is C20H34O3. The molecule has 2 aliphatic rings. The summed E-state index contributed by atoms with van der Waals surface area (Å²) >= 11 is 0. The Morgan fingerprint density at radius 3 is 1.65 bits per heavy atom. The second-order valence-electron chi connectivity index (χ2n) is 7.65. The van der Waals surface area contributed by atoms with Crippen molar-refractivity contribution in [2.75, 3.05) is 0 Å². The molecule has 23 heavy (non-hydrogen) atoms. The Kier molecular flexibility index (Phi) is 6.98. The lowest BCUT2D eigenvalue weighted by atomic mass is 9.78. The highest BCUT2D eigenvalue weighted by Crippen LogP contribution is 2.43. The summed E-state index contributed by atoms with van der Waals surface area (Å²) in [7, 11) is 0. The number of allylic oxidation sites excluding steroid dienone is 2. The fourth-order valence-electron chi connectivity index (χ4n) is 3.80. The van der Waals surface area contributed by atoms with Crippen molar-refractivity contribution in [3.63, 3.8) is 0 Å². The lowest BCUT2D eigenvalue weighted by molar-refractivity contribution is -0.0375. The molecule has 1 fully saturated rings. The Balaban J connectivity index is 1.94. The topological polar surface area (TPSA) is 35.5 Å². The number of carbonyl (C=O) groups is 1. The summed E-state index contributed by atoms with van der Waals surface area (Å²) in [5.74, 6) is 0. The van der Waals surface area contributed by atoms with Gasteiger partial charge in [-0.25, -0.2) is 4.79 Å². The molecule has 1 saturated heterocycles. The van der Waals surface area contributed by atoms with Gasteiger partial charge >= 0.3 is 6.16 Å². The van der Waals surface area contributed by atoms with E-state index in [9.17, 15) is 4.79 Å². The van der Waals surface area contributed by atoms with Crippen LogP contribution in [-0.2, 0) is 9.47 Å². The number of rotatable bonds is 0. The average molecular weight is 322 g/mol. The van der Waals surface area contributed by atoms with E-state index in [-0.39, 0.29) is 0 Å². The van der Waals surface area contributed by atoms with Crippen LogP contribution in [0.15, 0.2) is 12.2 Å². The van der Waals surface area contributed by atoms with Crippen molar-refractivity contribution in [3.05, 3.63) is 12.2 Å². The Morgan fingerprint density at radius 1 is 0.696 bits per heavy atom. The van der Waals surface area contributed by atoms with Crippen molar-refractivity contribution in [1.29, 1.82) is 0 Å². The molecule has 0 N–H and O–H groups in total. The van der Waals surface area contributed by atoms with Gasteiger partial charge in [0.1, 0.15) is 0 Å². The van der Waals surface area contributed by atoms with Crippen molar-refractivity contribution in [2.24, 2.45) is 0 Å². The maximum absolute atomic E-state index is 11.7. The monoisotopic (exact) mass is 322 g/mol. The molecule has 0 radical (unpaired) electrons. The summed E-state index contributed by atoms with van der Waals surface area (Å²) in [5.41, 5.74) is -0.935. The van der Waals surface area contributed by atoms with Crippen LogP contribution in [0.2, 0.25) is 0 Å². The molecule has 0 amide bonds. The van der Waals surface area contributed by atoms with Gasteiger partial charge in [0.05, 0.1) is 0 Å². The molecule has 0 unspecified atom stereocenters. The van der Waals surface area contributed by atoms with Crippen LogP contribution in [-0.4, -0.2) is 17.4 Å². The third-order valence-electron chi connectivity index (χ3n) is 5.70. The van der Waals surface area contributed by atoms with Crippen molar-refractivity contribution in [3.8, 4) is 0 Å². The Bertz CT molecular complexity index is 404. The lowest BCUT2D eigenvalue weighted by Crippen LogP contribution is -2.47. The largest absolute Gasteiger partial charge is 0.509 e. The number of ether oxygens (including phenoxy) is 2. The lowest BCUT2D eigenvalue weighted by Gasteiger charge is -2.36. The smallest absolute Gasteiger partial charge is 0.424 e. The van der Waals surface area contributed by atoms with Crippen LogP contribution in [0.25, 0.3) is 0 Å². The van der Waals surface area contributed by atoms with Gasteiger partial charge in [-0.05, 0) is 65.2 Å². The van der Waals surface area contributed by atoms with Gasteiger partial charge in [-0.3, -0.25) is 0 Å². The molecule has 0 saturated carbocycles. The van der Waals surface area contributed by atoms with Gasteiger partial charge in [0.25, 0.3) is 0 Å². The minimum Gasteiger partial charge on any atom is -0.424 e. The van der Waals surface area contributed by atoms with Crippen molar-refractivity contribution >= 4 is 6.16 Å². The summed E-state index contributed by atoms with van der Waals surface area (Å²) in [4.78, 5) is 11.7. The quantitative estimate of drug-likeness (QED) is 0.387. The molecule has 0 bridgehead atoms. The van der Waals surface area contributed by atoms with Crippen LogP contribution in [0.3, 0.4) is 0 Å². The predicted molar refractivity (Wildman–Crippen MR) is 93.5 cm³/mol. The summed E-state index contributed by atoms with van der Waals surface area (Å²) < 4.78 is 11.2. The van der Waals surface area contributed by atoms with Gasteiger partial charge in [-0.1, -0.05) is 44.3 Å². The maximum atomic E-state index is 11.7. The summed E-state index contributed by atoms with van der Waals surface area (Å²) in [6.45, 7) is 4.12. The minimum absolute atomic E-state index is 0.464. The van der Waals surface area contributed by atoms with E-state index >= 15 is 0 Å². The van der Waals surface area contributed by atoms with Crippen LogP contribution >= 0.6 is 0 Å². The third-order valence-corrected chi connectivity index (χ3v) is 5.70. The number of hydrogen-bond donors (Lipinski definition) is 0. The molecular weight excluding hydrogens is 288 g/mol. The molecule has 0 aromatic carbocycles. The molecule has 3 nitrogen and oxygen atoms in total. The normalized spacial score (nSPS) is 36.3. The first-order valence-corrected chi connectivity index (χ1v) is 9.63. The average Bonchev–Trinajstić information content (AvgIpc) is 2.72. The fraction of sp³-hybridized carbons (Fsp3) is 0.850. The van der Waals surface area contributed by atoms with Gasteiger partial charge < -0.3 is 9.47 Å². The van der Waals surface area contributed by atoms with E-state index in [2.05, 4.69) is 26.0 Å². The molecule has 3 heteroatoms. The first-order chi connectivity index (χ1) is 11.1. The standard InChI is InChI=1S/C20H34O3/c1-19-16-14-12-10-8-6-4-3-5-7-9-11-13-15-17-20(19,2)23-18(21)22-19/h6,8H,3-5,7,9-17H2,1-2H3/b8-6-/t19-,20+/m1/s1. The van der Waals surface area contributed by atoms with Crippen LogP contribution in [0.5, 0.6) is 0 Å². The van der Waals surface area contributed by atoms with E-state index in [1.165, 1.54) is 44.9 Å². The first kappa shape index (κ1) is 18.4. The number of fused-ring (bicyclic) bond motifs is 1. The van der Waals surface area contributed by atoms with Gasteiger partial charge in [-0.15, -0.1) is 0 Å². The highest BCUT2D eigenvalue weighted by Gasteiger charge is 2.56. The SMILES string of the molecule is C[C@@]12CCCC/C=C\CCCCCCCCC[C@]1(C)OC(=O)O2. The molecule has 2 atom stereocenters. The maximum Gasteiger partial charge on any atom is 0.509 e. The minimum atomic E-state index is -0.482. The summed E-state index contributed by atoms with van der Waals surface area (Å²) in [6, 6.07) is 0. The number of hydrogen-bond acceptors (Lipinski definition) is 3. The van der Waals surface area contributed by atoms with E-state index in [1.54, 1.807) is 0 Å². The molecule has 1 heterocycles. The molecule has 1 aliphatic carbocycles. The molecule has 2 rings (SSSR count). The zero-order chi connectivity index (χ0) is 16.6. The molecule has 0 aromatic heterocycles. The van der Waals surface area contributed by atoms with Gasteiger partial charge in [-0.2, -0.15) is 0 Å². The Hall–Kier alpha value is -0.990. The summed E-state index contributed by atoms with van der Waals surface area (Å²) in [6.07, 6.45) is 19.5. The highest BCUT2D eigenvalue weighted by molar-refractivity contribution is 5.64. The zero-order valence-corrected chi connectivity index (χ0v) is 15.1. The van der Waals surface area contributed by atoms with E-state index in [4.69, 9.17) is 9.47 Å². The molecule has 0 aromatic rings. The zero-order valence-electron chi connectivity index (χ0n) is 15.1. The molecule has 1 aliphatic heterocycles. The Morgan fingerprint density at radius 2 is 1.09 bits per heavy atom. The first-order valence-electron chi connectivity index (χ1n) is 9.63. The van der Waals surface area contributed by atoms with E-state index in [0.29, 0.717) is 0 Å². The van der Waals surface area contributed by atoms with Crippen molar-refractivity contribution in [2.45, 2.75) is 109 Å². The van der Waals surface area contributed by atoms with Crippen molar-refractivity contribution in [1.82, 2.24) is 0 Å². The third kappa shape index (κ3) is 5.26. The van der Waals surface area contributed by atoms with Crippen LogP contribution in [0.1, 0.15) is 97.3 Å². The van der Waals surface area contributed by atoms with E-state index in [1.807, 2.05) is 0 Å². The van der Waals surface area contributed by atoms with Crippen LogP contribution < -0.4 is 0 Å². The molecule has 0 spiro atoms. The van der Waals surface area contributed by atoms with E-state index < -0.39 is 17.4 Å². The highest BCUT2D eigenvalue weighted by atomic mass is 16.8. The predicted octanol–water partition coefficient (Wildman–Crippen LogP) is 6.31. The van der Waals surface area contributed by atoms with Crippen LogP contribution in [0.4, 0.5) is 4.79 Å². The fourth-order valence-corrected chi connectivity index (χ4v) is 3.80. The van der Waals surface area contributed by atoms with Gasteiger partial charge in [0, 0.05) is 0 Å². The van der Waals surface area contributed by atoms with Crippen LogP contribution in [0, 0.1) is 0 Å².